The molecule has 6 aromatic rings. The number of carbonyl (C=O) groups excluding carboxylic acids is 1. The first kappa shape index (κ1) is 24.5. The second-order valence-corrected chi connectivity index (χ2v) is 10.5. The smallest absolute Gasteiger partial charge is 0.234 e. The summed E-state index contributed by atoms with van der Waals surface area (Å²) in [6.45, 7) is 2.67. The third kappa shape index (κ3) is 4.74. The zero-order chi connectivity index (χ0) is 26.2. The molecule has 0 radical (unpaired) electrons. The summed E-state index contributed by atoms with van der Waals surface area (Å²) in [7, 11) is 0. The van der Waals surface area contributed by atoms with E-state index in [1.807, 2.05) is 49.4 Å². The van der Waals surface area contributed by atoms with Gasteiger partial charge in [0.05, 0.1) is 28.0 Å². The molecular formula is C27H21BrFN7OS. The standard InChI is InChI=1S/C27H21BrFN7OS/c1-16-30-22-8-4-5-9-23(22)35(16)13-12-24-33-26-18-6-2-3-7-20(18)32-27(36(26)34-24)38-15-25(37)31-21-11-10-17(28)14-19(21)29/h2-11,14H,12-13,15H2,1H3,(H,31,37). The van der Waals surface area contributed by atoms with Gasteiger partial charge in [0.1, 0.15) is 11.6 Å². The van der Waals surface area contributed by atoms with Gasteiger partial charge < -0.3 is 9.88 Å². The third-order valence-corrected chi connectivity index (χ3v) is 7.56. The van der Waals surface area contributed by atoms with Crippen molar-refractivity contribution in [2.45, 2.75) is 25.0 Å². The lowest BCUT2D eigenvalue weighted by Gasteiger charge is -2.08. The molecule has 0 aliphatic carbocycles. The van der Waals surface area contributed by atoms with E-state index in [1.54, 1.807) is 10.6 Å². The van der Waals surface area contributed by atoms with Gasteiger partial charge in [-0.05, 0) is 49.4 Å². The number of carbonyl (C=O) groups is 1. The largest absolute Gasteiger partial charge is 0.328 e. The van der Waals surface area contributed by atoms with Crippen LogP contribution in [0.4, 0.5) is 10.1 Å². The van der Waals surface area contributed by atoms with Crippen LogP contribution >= 0.6 is 27.7 Å². The molecule has 0 aliphatic heterocycles. The summed E-state index contributed by atoms with van der Waals surface area (Å²) in [5, 5.41) is 8.78. The van der Waals surface area contributed by atoms with Crippen LogP contribution in [0.3, 0.4) is 0 Å². The maximum atomic E-state index is 14.2. The van der Waals surface area contributed by atoms with Crippen LogP contribution in [0.2, 0.25) is 0 Å². The Morgan fingerprint density at radius 3 is 2.66 bits per heavy atom. The van der Waals surface area contributed by atoms with Crippen LogP contribution in [0.1, 0.15) is 11.6 Å². The Hall–Kier alpha value is -3.83. The quantitative estimate of drug-likeness (QED) is 0.187. The molecular weight excluding hydrogens is 569 g/mol. The van der Waals surface area contributed by atoms with Crippen LogP contribution in [0.25, 0.3) is 27.6 Å². The van der Waals surface area contributed by atoms with E-state index in [9.17, 15) is 9.18 Å². The molecule has 3 aromatic carbocycles. The van der Waals surface area contributed by atoms with E-state index in [2.05, 4.69) is 36.9 Å². The number of rotatable bonds is 7. The molecule has 6 rings (SSSR count). The molecule has 11 heteroatoms. The lowest BCUT2D eigenvalue weighted by Crippen LogP contribution is -2.15. The van der Waals surface area contributed by atoms with Crippen LogP contribution in [0.5, 0.6) is 0 Å². The normalized spacial score (nSPS) is 11.6. The summed E-state index contributed by atoms with van der Waals surface area (Å²) < 4.78 is 18.6. The van der Waals surface area contributed by atoms with Crippen molar-refractivity contribution in [3.63, 3.8) is 0 Å². The van der Waals surface area contributed by atoms with Gasteiger partial charge in [0, 0.05) is 22.8 Å². The number of hydrogen-bond donors (Lipinski definition) is 1. The summed E-state index contributed by atoms with van der Waals surface area (Å²) in [5.41, 5.74) is 3.60. The Morgan fingerprint density at radius 1 is 1.03 bits per heavy atom. The first-order valence-corrected chi connectivity index (χ1v) is 13.7. The molecule has 190 valence electrons. The first-order valence-electron chi connectivity index (χ1n) is 11.9. The fourth-order valence-electron chi connectivity index (χ4n) is 4.37. The predicted molar refractivity (Wildman–Crippen MR) is 150 cm³/mol. The summed E-state index contributed by atoms with van der Waals surface area (Å²) in [6.07, 6.45) is 0.602. The number of fused-ring (bicyclic) bond motifs is 4. The number of thioether (sulfide) groups is 1. The van der Waals surface area contributed by atoms with Crippen molar-refractivity contribution in [3.05, 3.63) is 88.7 Å². The number of aromatic nitrogens is 6. The van der Waals surface area contributed by atoms with Crippen molar-refractivity contribution >= 4 is 66.9 Å². The van der Waals surface area contributed by atoms with Crippen molar-refractivity contribution in [1.29, 1.82) is 0 Å². The second-order valence-electron chi connectivity index (χ2n) is 8.69. The van der Waals surface area contributed by atoms with Gasteiger partial charge in [-0.3, -0.25) is 4.79 Å². The van der Waals surface area contributed by atoms with E-state index < -0.39 is 5.82 Å². The zero-order valence-electron chi connectivity index (χ0n) is 20.2. The van der Waals surface area contributed by atoms with Crippen molar-refractivity contribution < 1.29 is 9.18 Å². The van der Waals surface area contributed by atoms with Gasteiger partial charge >= 0.3 is 0 Å². The van der Waals surface area contributed by atoms with Gasteiger partial charge in [-0.15, -0.1) is 5.10 Å². The van der Waals surface area contributed by atoms with E-state index in [4.69, 9.17) is 15.1 Å². The molecule has 3 aromatic heterocycles. The summed E-state index contributed by atoms with van der Waals surface area (Å²) in [4.78, 5) is 26.8. The molecule has 1 amide bonds. The lowest BCUT2D eigenvalue weighted by atomic mass is 10.2. The van der Waals surface area contributed by atoms with Crippen LogP contribution in [0, 0.1) is 12.7 Å². The van der Waals surface area contributed by atoms with E-state index in [0.717, 1.165) is 27.8 Å². The number of halogens is 2. The lowest BCUT2D eigenvalue weighted by molar-refractivity contribution is -0.113. The molecule has 1 N–H and O–H groups in total. The summed E-state index contributed by atoms with van der Waals surface area (Å²) >= 11 is 4.44. The molecule has 0 fully saturated rings. The Labute approximate surface area is 229 Å². The highest BCUT2D eigenvalue weighted by atomic mass is 79.9. The highest BCUT2D eigenvalue weighted by Crippen LogP contribution is 2.25. The van der Waals surface area contributed by atoms with Crippen LogP contribution in [-0.4, -0.2) is 40.8 Å². The van der Waals surface area contributed by atoms with Crippen molar-refractivity contribution in [2.24, 2.45) is 0 Å². The molecule has 0 bridgehead atoms. The molecule has 0 saturated carbocycles. The van der Waals surface area contributed by atoms with Gasteiger partial charge in [-0.25, -0.2) is 19.3 Å². The number of nitrogens with one attached hydrogen (secondary N) is 1. The average Bonchev–Trinajstić information content (AvgIpc) is 3.48. The monoisotopic (exact) mass is 589 g/mol. The Kier molecular flexibility index (Phi) is 6.54. The van der Waals surface area contributed by atoms with Gasteiger partial charge in [0.2, 0.25) is 5.91 Å². The Morgan fingerprint density at radius 2 is 1.82 bits per heavy atom. The fraction of sp³-hybridized carbons (Fsp3) is 0.148. The summed E-state index contributed by atoms with van der Waals surface area (Å²) in [6, 6.07) is 20.3. The highest BCUT2D eigenvalue weighted by Gasteiger charge is 2.16. The van der Waals surface area contributed by atoms with Gasteiger partial charge in [-0.2, -0.15) is 4.52 Å². The number of para-hydroxylation sites is 3. The van der Waals surface area contributed by atoms with E-state index >= 15 is 0 Å². The predicted octanol–water partition coefficient (Wildman–Crippen LogP) is 5.81. The maximum absolute atomic E-state index is 14.2. The molecule has 38 heavy (non-hydrogen) atoms. The molecule has 0 spiro atoms. The minimum atomic E-state index is -0.509. The van der Waals surface area contributed by atoms with Crippen LogP contribution < -0.4 is 5.32 Å². The van der Waals surface area contributed by atoms with Crippen molar-refractivity contribution in [3.8, 4) is 0 Å². The minimum absolute atomic E-state index is 0.0331. The van der Waals surface area contributed by atoms with Gasteiger partial charge in [0.25, 0.3) is 0 Å². The average molecular weight is 590 g/mol. The van der Waals surface area contributed by atoms with E-state index in [1.165, 1.54) is 23.9 Å². The first-order chi connectivity index (χ1) is 18.5. The second kappa shape index (κ2) is 10.1. The Bertz CT molecular complexity index is 1830. The Balaban J connectivity index is 1.27. The fourth-order valence-corrected chi connectivity index (χ4v) is 5.45. The maximum Gasteiger partial charge on any atom is 0.234 e. The topological polar surface area (TPSA) is 90.0 Å². The number of hydrogen-bond acceptors (Lipinski definition) is 6. The van der Waals surface area contributed by atoms with Crippen LogP contribution in [-0.2, 0) is 17.8 Å². The molecule has 0 unspecified atom stereocenters. The molecule has 0 atom stereocenters. The van der Waals surface area contributed by atoms with Crippen molar-refractivity contribution in [2.75, 3.05) is 11.1 Å². The number of anilines is 1. The molecule has 3 heterocycles. The number of benzene rings is 3. The van der Waals surface area contributed by atoms with Crippen LogP contribution in [0.15, 0.2) is 76.4 Å². The van der Waals surface area contributed by atoms with Gasteiger partial charge in [-0.1, -0.05) is 52.0 Å². The SMILES string of the molecule is Cc1nc2ccccc2n1CCc1nc2c3ccccc3nc(SCC(=O)Nc3ccc(Br)cc3F)n2n1. The number of nitrogens with zero attached hydrogens (tertiary/aromatic N) is 6. The zero-order valence-corrected chi connectivity index (χ0v) is 22.6. The minimum Gasteiger partial charge on any atom is -0.328 e. The van der Waals surface area contributed by atoms with Crippen molar-refractivity contribution in [1.82, 2.24) is 29.1 Å². The van der Waals surface area contributed by atoms with Gasteiger partial charge in [0.15, 0.2) is 16.6 Å². The molecule has 0 saturated heterocycles. The number of imidazole rings is 1. The van der Waals surface area contributed by atoms with E-state index in [-0.39, 0.29) is 17.3 Å². The molecule has 8 nitrogen and oxygen atoms in total. The number of amides is 1. The molecule has 0 aliphatic rings. The third-order valence-electron chi connectivity index (χ3n) is 6.14. The number of aryl methyl sites for hydroxylation is 3. The highest BCUT2D eigenvalue weighted by molar-refractivity contribution is 9.10. The summed E-state index contributed by atoms with van der Waals surface area (Å²) in [5.74, 6) is 0.786. The van der Waals surface area contributed by atoms with E-state index in [0.29, 0.717) is 34.1 Å².